The number of hydrogen-bond acceptors (Lipinski definition) is 4. The summed E-state index contributed by atoms with van der Waals surface area (Å²) in [6.07, 6.45) is 3.76. The van der Waals surface area contributed by atoms with Gasteiger partial charge in [-0.1, -0.05) is 6.07 Å². The van der Waals surface area contributed by atoms with Gasteiger partial charge in [0.05, 0.1) is 26.9 Å². The van der Waals surface area contributed by atoms with Gasteiger partial charge in [-0.25, -0.2) is 4.99 Å². The van der Waals surface area contributed by atoms with Gasteiger partial charge < -0.3 is 24.8 Å². The number of benzene rings is 1. The van der Waals surface area contributed by atoms with Crippen LogP contribution < -0.4 is 20.1 Å². The molecular formula is C18H29N3O3. The van der Waals surface area contributed by atoms with Gasteiger partial charge >= 0.3 is 0 Å². The van der Waals surface area contributed by atoms with E-state index in [4.69, 9.17) is 14.2 Å². The van der Waals surface area contributed by atoms with Crippen LogP contribution in [0.1, 0.15) is 31.7 Å². The van der Waals surface area contributed by atoms with Crippen molar-refractivity contribution in [2.24, 2.45) is 4.99 Å². The van der Waals surface area contributed by atoms with Gasteiger partial charge in [0.1, 0.15) is 0 Å². The van der Waals surface area contributed by atoms with Crippen molar-refractivity contribution in [3.05, 3.63) is 23.8 Å². The molecule has 6 heteroatoms. The molecule has 6 nitrogen and oxygen atoms in total. The van der Waals surface area contributed by atoms with Gasteiger partial charge in [0.2, 0.25) is 0 Å². The molecule has 1 fully saturated rings. The summed E-state index contributed by atoms with van der Waals surface area (Å²) < 4.78 is 16.2. The molecule has 1 saturated heterocycles. The summed E-state index contributed by atoms with van der Waals surface area (Å²) in [5.41, 5.74) is 1.07. The zero-order chi connectivity index (χ0) is 17.2. The third-order valence-electron chi connectivity index (χ3n) is 3.99. The van der Waals surface area contributed by atoms with Crippen molar-refractivity contribution in [3.63, 3.8) is 0 Å². The molecule has 0 amide bonds. The molecule has 1 aliphatic rings. The van der Waals surface area contributed by atoms with Crippen LogP contribution >= 0.6 is 0 Å². The Morgan fingerprint density at radius 2 is 2.08 bits per heavy atom. The molecule has 134 valence electrons. The number of nitrogens with one attached hydrogen (secondary N) is 2. The van der Waals surface area contributed by atoms with Crippen molar-refractivity contribution in [1.29, 1.82) is 0 Å². The van der Waals surface area contributed by atoms with Crippen molar-refractivity contribution in [1.82, 2.24) is 10.6 Å². The molecule has 1 aromatic carbocycles. The Morgan fingerprint density at radius 3 is 2.75 bits per heavy atom. The number of ether oxygens (including phenoxy) is 3. The average Bonchev–Trinajstić information content (AvgIpc) is 3.12. The number of rotatable bonds is 8. The first kappa shape index (κ1) is 18.4. The molecule has 2 rings (SSSR count). The summed E-state index contributed by atoms with van der Waals surface area (Å²) in [6.45, 7) is 5.24. The first-order valence-electron chi connectivity index (χ1n) is 8.61. The number of guanidine groups is 1. The molecule has 0 spiro atoms. The monoisotopic (exact) mass is 335 g/mol. The fourth-order valence-corrected chi connectivity index (χ4v) is 2.71. The highest BCUT2D eigenvalue weighted by Gasteiger charge is 2.14. The highest BCUT2D eigenvalue weighted by molar-refractivity contribution is 5.79. The lowest BCUT2D eigenvalue weighted by Crippen LogP contribution is -2.38. The van der Waals surface area contributed by atoms with E-state index in [1.165, 1.54) is 12.8 Å². The normalized spacial score (nSPS) is 17.6. The fourth-order valence-electron chi connectivity index (χ4n) is 2.71. The molecule has 1 atom stereocenters. The lowest BCUT2D eigenvalue weighted by atomic mass is 10.2. The second-order valence-electron chi connectivity index (χ2n) is 5.73. The number of hydrogen-bond donors (Lipinski definition) is 2. The Bertz CT molecular complexity index is 528. The van der Waals surface area contributed by atoms with Crippen LogP contribution in [-0.4, -0.2) is 46.0 Å². The van der Waals surface area contributed by atoms with E-state index in [1.54, 1.807) is 14.2 Å². The van der Waals surface area contributed by atoms with Crippen LogP contribution in [0.3, 0.4) is 0 Å². The van der Waals surface area contributed by atoms with E-state index in [9.17, 15) is 0 Å². The van der Waals surface area contributed by atoms with Crippen LogP contribution in [0.25, 0.3) is 0 Å². The van der Waals surface area contributed by atoms with E-state index in [-0.39, 0.29) is 0 Å². The Labute approximate surface area is 144 Å². The highest BCUT2D eigenvalue weighted by atomic mass is 16.5. The van der Waals surface area contributed by atoms with Gasteiger partial charge in [-0.2, -0.15) is 0 Å². The van der Waals surface area contributed by atoms with E-state index >= 15 is 0 Å². The van der Waals surface area contributed by atoms with Crippen LogP contribution in [0.2, 0.25) is 0 Å². The molecule has 1 unspecified atom stereocenters. The van der Waals surface area contributed by atoms with E-state index < -0.39 is 0 Å². The highest BCUT2D eigenvalue weighted by Crippen LogP contribution is 2.27. The van der Waals surface area contributed by atoms with Crippen molar-refractivity contribution in [2.45, 2.75) is 38.8 Å². The van der Waals surface area contributed by atoms with Crippen molar-refractivity contribution >= 4 is 5.96 Å². The maximum atomic E-state index is 5.65. The van der Waals surface area contributed by atoms with Crippen molar-refractivity contribution < 1.29 is 14.2 Å². The third-order valence-corrected chi connectivity index (χ3v) is 3.99. The van der Waals surface area contributed by atoms with E-state index in [0.29, 0.717) is 12.6 Å². The van der Waals surface area contributed by atoms with Gasteiger partial charge in [-0.05, 0) is 43.9 Å². The summed E-state index contributed by atoms with van der Waals surface area (Å²) in [5, 5.41) is 6.64. The molecule has 0 aliphatic carbocycles. The lowest BCUT2D eigenvalue weighted by Gasteiger charge is -2.14. The van der Waals surface area contributed by atoms with Crippen LogP contribution in [0.4, 0.5) is 0 Å². The molecule has 24 heavy (non-hydrogen) atoms. The SMILES string of the molecule is CCNC(=NCc1ccc(OC)c(OC)c1)NCCC1CCCO1. The molecule has 2 N–H and O–H groups in total. The summed E-state index contributed by atoms with van der Waals surface area (Å²) in [5.74, 6) is 2.28. The van der Waals surface area contributed by atoms with Crippen LogP contribution in [0.15, 0.2) is 23.2 Å². The average molecular weight is 335 g/mol. The summed E-state index contributed by atoms with van der Waals surface area (Å²) in [4.78, 5) is 4.64. The minimum Gasteiger partial charge on any atom is -0.493 e. The second-order valence-corrected chi connectivity index (χ2v) is 5.73. The quantitative estimate of drug-likeness (QED) is 0.564. The predicted molar refractivity (Wildman–Crippen MR) is 96.0 cm³/mol. The summed E-state index contributed by atoms with van der Waals surface area (Å²) in [7, 11) is 3.28. The van der Waals surface area contributed by atoms with Gasteiger partial charge in [0, 0.05) is 19.7 Å². The molecular weight excluding hydrogens is 306 g/mol. The van der Waals surface area contributed by atoms with Crippen LogP contribution in [0, 0.1) is 0 Å². The van der Waals surface area contributed by atoms with E-state index in [0.717, 1.165) is 49.1 Å². The zero-order valence-corrected chi connectivity index (χ0v) is 14.9. The second kappa shape index (κ2) is 10.0. The van der Waals surface area contributed by atoms with E-state index in [1.807, 2.05) is 18.2 Å². The Morgan fingerprint density at radius 1 is 1.25 bits per heavy atom. The van der Waals surface area contributed by atoms with Gasteiger partial charge in [0.15, 0.2) is 17.5 Å². The number of methoxy groups -OCH3 is 2. The van der Waals surface area contributed by atoms with Crippen LogP contribution in [-0.2, 0) is 11.3 Å². The van der Waals surface area contributed by atoms with Crippen molar-refractivity contribution in [3.8, 4) is 11.5 Å². The number of nitrogens with zero attached hydrogens (tertiary/aromatic N) is 1. The first-order chi connectivity index (χ1) is 11.8. The lowest BCUT2D eigenvalue weighted by molar-refractivity contribution is 0.105. The molecule has 1 aliphatic heterocycles. The molecule has 0 aromatic heterocycles. The smallest absolute Gasteiger partial charge is 0.191 e. The third kappa shape index (κ3) is 5.60. The van der Waals surface area contributed by atoms with Gasteiger partial charge in [0.25, 0.3) is 0 Å². The minimum absolute atomic E-state index is 0.395. The molecule has 1 heterocycles. The molecule has 0 bridgehead atoms. The maximum absolute atomic E-state index is 5.65. The topological polar surface area (TPSA) is 64.1 Å². The van der Waals surface area contributed by atoms with Gasteiger partial charge in [-0.15, -0.1) is 0 Å². The van der Waals surface area contributed by atoms with Gasteiger partial charge in [-0.3, -0.25) is 0 Å². The largest absolute Gasteiger partial charge is 0.493 e. The maximum Gasteiger partial charge on any atom is 0.191 e. The molecule has 1 aromatic rings. The Balaban J connectivity index is 1.89. The minimum atomic E-state index is 0.395. The Hall–Kier alpha value is -1.95. The molecule has 0 saturated carbocycles. The first-order valence-corrected chi connectivity index (χ1v) is 8.61. The number of aliphatic imine (C=N–C) groups is 1. The summed E-state index contributed by atoms with van der Waals surface area (Å²) >= 11 is 0. The Kier molecular flexibility index (Phi) is 7.68. The predicted octanol–water partition coefficient (Wildman–Crippen LogP) is 2.33. The van der Waals surface area contributed by atoms with Crippen LogP contribution in [0.5, 0.6) is 11.5 Å². The molecule has 0 radical (unpaired) electrons. The summed E-state index contributed by atoms with van der Waals surface area (Å²) in [6, 6.07) is 5.86. The van der Waals surface area contributed by atoms with Crippen molar-refractivity contribution in [2.75, 3.05) is 33.9 Å². The standard InChI is InChI=1S/C18H29N3O3/c1-4-19-18(20-10-9-15-6-5-11-24-15)21-13-14-7-8-16(22-2)17(12-14)23-3/h7-8,12,15H,4-6,9-11,13H2,1-3H3,(H2,19,20,21). The fraction of sp³-hybridized carbons (Fsp3) is 0.611. The zero-order valence-electron chi connectivity index (χ0n) is 14.9. The van der Waals surface area contributed by atoms with E-state index in [2.05, 4.69) is 22.5 Å².